The number of carbonyl (C=O) groups excluding carboxylic acids is 1. The normalized spacial score (nSPS) is 22.1. The van der Waals surface area contributed by atoms with Crippen LogP contribution in [0, 0.1) is 17.1 Å². The number of hydrogen-bond donors (Lipinski definition) is 1. The fourth-order valence-corrected chi connectivity index (χ4v) is 4.05. The molecule has 0 aromatic heterocycles. The molecule has 30 heavy (non-hydrogen) atoms. The van der Waals surface area contributed by atoms with Crippen LogP contribution in [0.4, 0.5) is 23.2 Å². The molecule has 4 rings (SSSR count). The van der Waals surface area contributed by atoms with Crippen molar-refractivity contribution in [3.8, 4) is 6.07 Å². The predicted octanol–water partition coefficient (Wildman–Crippen LogP) is 2.91. The van der Waals surface area contributed by atoms with E-state index in [1.807, 2.05) is 4.90 Å². The van der Waals surface area contributed by atoms with Crippen molar-refractivity contribution in [1.29, 1.82) is 5.26 Å². The van der Waals surface area contributed by atoms with Gasteiger partial charge in [-0.2, -0.15) is 18.4 Å². The molecule has 9 heteroatoms. The summed E-state index contributed by atoms with van der Waals surface area (Å²) in [6.45, 7) is 1.16. The maximum absolute atomic E-state index is 13.3. The maximum Gasteiger partial charge on any atom is 0.417 e. The summed E-state index contributed by atoms with van der Waals surface area (Å²) in [5.41, 5.74) is -0.513. The van der Waals surface area contributed by atoms with Crippen molar-refractivity contribution in [3.63, 3.8) is 0 Å². The third-order valence-corrected chi connectivity index (χ3v) is 5.57. The number of alkyl halides is 3. The first-order chi connectivity index (χ1) is 14.3. The molecule has 5 nitrogen and oxygen atoms in total. The smallest absolute Gasteiger partial charge is 0.313 e. The predicted molar refractivity (Wildman–Crippen MR) is 101 cm³/mol. The highest BCUT2D eigenvalue weighted by molar-refractivity contribution is 5.99. The molecular formula is C21H18F4N4O. The number of benzene rings is 2. The second-order valence-corrected chi connectivity index (χ2v) is 7.42. The Balaban J connectivity index is 1.60. The molecular weight excluding hydrogens is 400 g/mol. The summed E-state index contributed by atoms with van der Waals surface area (Å²) in [5, 5.41) is 12.2. The number of fused-ring (bicyclic) bond motifs is 1. The van der Waals surface area contributed by atoms with E-state index in [0.29, 0.717) is 19.5 Å². The Morgan fingerprint density at radius 2 is 1.87 bits per heavy atom. The van der Waals surface area contributed by atoms with Crippen molar-refractivity contribution in [2.75, 3.05) is 24.7 Å². The van der Waals surface area contributed by atoms with Crippen LogP contribution in [0.5, 0.6) is 0 Å². The van der Waals surface area contributed by atoms with E-state index >= 15 is 0 Å². The van der Waals surface area contributed by atoms with Crippen LogP contribution in [0.2, 0.25) is 0 Å². The highest BCUT2D eigenvalue weighted by Gasteiger charge is 2.45. The van der Waals surface area contributed by atoms with Crippen molar-refractivity contribution in [2.24, 2.45) is 0 Å². The molecule has 1 amide bonds. The van der Waals surface area contributed by atoms with Crippen LogP contribution in [0.25, 0.3) is 0 Å². The molecule has 2 aliphatic rings. The lowest BCUT2D eigenvalue weighted by Crippen LogP contribution is -2.56. The standard InChI is InChI=1S/C21H18F4N4O/c22-15-4-1-13(2-5-15)7-17-10-27-11-19-20(30)29(12-28(17)19)16-6-3-14(9-26)18(8-16)21(23,24)25/h1-6,8,17,19,27H,7,10-12H2. The van der Waals surface area contributed by atoms with Crippen LogP contribution in [0.3, 0.4) is 0 Å². The Morgan fingerprint density at radius 1 is 1.13 bits per heavy atom. The molecule has 0 radical (unpaired) electrons. The van der Waals surface area contributed by atoms with Gasteiger partial charge in [0, 0.05) is 24.8 Å². The molecule has 156 valence electrons. The first-order valence-corrected chi connectivity index (χ1v) is 9.41. The highest BCUT2D eigenvalue weighted by Crippen LogP contribution is 2.36. The van der Waals surface area contributed by atoms with E-state index in [0.717, 1.165) is 17.7 Å². The third-order valence-electron chi connectivity index (χ3n) is 5.57. The van der Waals surface area contributed by atoms with Crippen molar-refractivity contribution in [1.82, 2.24) is 10.2 Å². The van der Waals surface area contributed by atoms with Crippen molar-refractivity contribution in [2.45, 2.75) is 24.7 Å². The lowest BCUT2D eigenvalue weighted by atomic mass is 10.0. The Labute approximate surface area is 170 Å². The average molecular weight is 418 g/mol. The number of nitriles is 1. The van der Waals surface area contributed by atoms with Crippen molar-refractivity contribution < 1.29 is 22.4 Å². The molecule has 2 fully saturated rings. The summed E-state index contributed by atoms with van der Waals surface area (Å²) in [4.78, 5) is 16.2. The van der Waals surface area contributed by atoms with Gasteiger partial charge in [0.15, 0.2) is 0 Å². The summed E-state index contributed by atoms with van der Waals surface area (Å²) >= 11 is 0. The fourth-order valence-electron chi connectivity index (χ4n) is 4.05. The lowest BCUT2D eigenvalue weighted by Gasteiger charge is -2.36. The minimum absolute atomic E-state index is 0.0661. The van der Waals surface area contributed by atoms with E-state index in [1.54, 1.807) is 18.2 Å². The molecule has 2 aliphatic heterocycles. The quantitative estimate of drug-likeness (QED) is 0.779. The minimum Gasteiger partial charge on any atom is -0.313 e. The van der Waals surface area contributed by atoms with Crippen molar-refractivity contribution in [3.05, 3.63) is 65.0 Å². The highest BCUT2D eigenvalue weighted by atomic mass is 19.4. The number of nitrogens with one attached hydrogen (secondary N) is 1. The zero-order valence-electron chi connectivity index (χ0n) is 15.8. The zero-order valence-corrected chi connectivity index (χ0v) is 15.8. The Kier molecular flexibility index (Phi) is 5.22. The van der Waals surface area contributed by atoms with Crippen LogP contribution in [-0.4, -0.2) is 42.6 Å². The van der Waals surface area contributed by atoms with E-state index in [-0.39, 0.29) is 30.1 Å². The van der Waals surface area contributed by atoms with E-state index in [9.17, 15) is 22.4 Å². The number of nitrogens with zero attached hydrogens (tertiary/aromatic N) is 3. The number of hydrogen-bond acceptors (Lipinski definition) is 4. The number of amides is 1. The molecule has 1 N–H and O–H groups in total. The van der Waals surface area contributed by atoms with Gasteiger partial charge in [-0.15, -0.1) is 0 Å². The third kappa shape index (κ3) is 3.76. The van der Waals surface area contributed by atoms with Gasteiger partial charge in [0.25, 0.3) is 0 Å². The molecule has 2 heterocycles. The average Bonchev–Trinajstić information content (AvgIpc) is 3.06. The molecule has 2 aromatic rings. The number of halogens is 4. The summed E-state index contributed by atoms with van der Waals surface area (Å²) in [7, 11) is 0. The fraction of sp³-hybridized carbons (Fsp3) is 0.333. The summed E-state index contributed by atoms with van der Waals surface area (Å²) < 4.78 is 53.1. The molecule has 0 bridgehead atoms. The van der Waals surface area contributed by atoms with Gasteiger partial charge >= 0.3 is 6.18 Å². The second kappa shape index (κ2) is 7.70. The van der Waals surface area contributed by atoms with Crippen LogP contribution >= 0.6 is 0 Å². The molecule has 0 aliphatic carbocycles. The van der Waals surface area contributed by atoms with Gasteiger partial charge in [-0.3, -0.25) is 14.6 Å². The van der Waals surface area contributed by atoms with Gasteiger partial charge in [0.2, 0.25) is 5.91 Å². The largest absolute Gasteiger partial charge is 0.417 e. The maximum atomic E-state index is 13.3. The molecule has 2 atom stereocenters. The first kappa shape index (κ1) is 20.3. The van der Waals surface area contributed by atoms with Crippen molar-refractivity contribution >= 4 is 11.6 Å². The molecule has 0 saturated carbocycles. The monoisotopic (exact) mass is 418 g/mol. The number of anilines is 1. The van der Waals surface area contributed by atoms with Crippen LogP contribution in [0.1, 0.15) is 16.7 Å². The second-order valence-electron chi connectivity index (χ2n) is 7.42. The number of carbonyl (C=O) groups is 1. The van der Waals surface area contributed by atoms with Crippen LogP contribution in [-0.2, 0) is 17.4 Å². The van der Waals surface area contributed by atoms with Crippen LogP contribution < -0.4 is 10.2 Å². The summed E-state index contributed by atoms with van der Waals surface area (Å²) in [5.74, 6) is -0.619. The van der Waals surface area contributed by atoms with Gasteiger partial charge in [-0.25, -0.2) is 4.39 Å². The van der Waals surface area contributed by atoms with Gasteiger partial charge < -0.3 is 5.32 Å². The number of rotatable bonds is 3. The van der Waals surface area contributed by atoms with Gasteiger partial charge in [0.05, 0.1) is 23.9 Å². The van der Waals surface area contributed by atoms with E-state index < -0.39 is 23.3 Å². The lowest BCUT2D eigenvalue weighted by molar-refractivity contribution is -0.137. The van der Waals surface area contributed by atoms with Gasteiger partial charge in [0.1, 0.15) is 11.9 Å². The summed E-state index contributed by atoms with van der Waals surface area (Å²) in [6, 6.07) is 10.4. The minimum atomic E-state index is -4.69. The Bertz CT molecular complexity index is 1000. The topological polar surface area (TPSA) is 59.4 Å². The van der Waals surface area contributed by atoms with E-state index in [2.05, 4.69) is 5.32 Å². The van der Waals surface area contributed by atoms with E-state index in [4.69, 9.17) is 5.26 Å². The van der Waals surface area contributed by atoms with Crippen LogP contribution in [0.15, 0.2) is 42.5 Å². The van der Waals surface area contributed by atoms with E-state index in [1.165, 1.54) is 23.1 Å². The summed E-state index contributed by atoms with van der Waals surface area (Å²) in [6.07, 6.45) is -4.12. The first-order valence-electron chi connectivity index (χ1n) is 9.41. The van der Waals surface area contributed by atoms with Gasteiger partial charge in [-0.05, 0) is 42.3 Å². The number of piperazine rings is 1. The Morgan fingerprint density at radius 3 is 2.53 bits per heavy atom. The Hall–Kier alpha value is -2.96. The molecule has 2 aromatic carbocycles. The van der Waals surface area contributed by atoms with Gasteiger partial charge in [-0.1, -0.05) is 12.1 Å². The zero-order chi connectivity index (χ0) is 21.5. The molecule has 2 unspecified atom stereocenters. The molecule has 2 saturated heterocycles. The molecule has 0 spiro atoms. The SMILES string of the molecule is N#Cc1ccc(N2CN3C(Cc4ccc(F)cc4)CNCC3C2=O)cc1C(F)(F)F.